The first-order chi connectivity index (χ1) is 18.4. The lowest BCUT2D eigenvalue weighted by Crippen LogP contribution is -2.55. The second kappa shape index (κ2) is 9.00. The van der Waals surface area contributed by atoms with Crippen molar-refractivity contribution in [3.05, 3.63) is 47.4 Å². The molecule has 4 aliphatic heterocycles. The van der Waals surface area contributed by atoms with Crippen LogP contribution < -0.4 is 4.74 Å². The minimum absolute atomic E-state index is 0.0204. The molecule has 1 saturated carbocycles. The van der Waals surface area contributed by atoms with E-state index >= 15 is 0 Å². The number of carbonyl (C=O) groups is 1. The van der Waals surface area contributed by atoms with Crippen LogP contribution in [-0.2, 0) is 37.6 Å². The van der Waals surface area contributed by atoms with E-state index in [0.717, 1.165) is 60.9 Å². The minimum atomic E-state index is -0.594. The quantitative estimate of drug-likeness (QED) is 0.506. The molecule has 1 aliphatic carbocycles. The molecule has 3 aromatic rings. The largest absolute Gasteiger partial charge is 0.484 e. The Hall–Kier alpha value is -3.08. The SMILES string of the molecule is C[C@@H](Oc1ccc2ncc3c(c2c1)CCOC3)c1cn(C23CC(C)(C2)OC3C(=O)N2CCCCOC2)nn1. The lowest BCUT2D eigenvalue weighted by Gasteiger charge is -2.43. The van der Waals surface area contributed by atoms with Crippen LogP contribution in [0.15, 0.2) is 30.6 Å². The Morgan fingerprint density at radius 2 is 2.11 bits per heavy atom. The Balaban J connectivity index is 1.11. The zero-order valence-corrected chi connectivity index (χ0v) is 21.9. The summed E-state index contributed by atoms with van der Waals surface area (Å²) in [7, 11) is 0. The van der Waals surface area contributed by atoms with Crippen LogP contribution in [-0.4, -0.2) is 69.0 Å². The van der Waals surface area contributed by atoms with E-state index in [9.17, 15) is 4.79 Å². The van der Waals surface area contributed by atoms with E-state index in [1.165, 1.54) is 5.56 Å². The van der Waals surface area contributed by atoms with Crippen molar-refractivity contribution in [2.24, 2.45) is 0 Å². The van der Waals surface area contributed by atoms with E-state index in [1.807, 2.05) is 36.1 Å². The maximum Gasteiger partial charge on any atom is 0.256 e. The van der Waals surface area contributed by atoms with Crippen molar-refractivity contribution in [3.63, 3.8) is 0 Å². The van der Waals surface area contributed by atoms with Gasteiger partial charge < -0.3 is 23.8 Å². The highest BCUT2D eigenvalue weighted by Crippen LogP contribution is 2.59. The van der Waals surface area contributed by atoms with Crippen LogP contribution in [0.1, 0.15) is 62.5 Å². The fraction of sp³-hybridized carbons (Fsp3) is 0.571. The highest BCUT2D eigenvalue weighted by atomic mass is 16.5. The molecular weight excluding hydrogens is 486 g/mol. The summed E-state index contributed by atoms with van der Waals surface area (Å²) in [6, 6.07) is 6.00. The Bertz CT molecular complexity index is 1380. The van der Waals surface area contributed by atoms with Crippen LogP contribution in [0.4, 0.5) is 0 Å². The van der Waals surface area contributed by atoms with Crippen molar-refractivity contribution in [2.45, 2.75) is 75.9 Å². The first-order valence-corrected chi connectivity index (χ1v) is 13.6. The summed E-state index contributed by atoms with van der Waals surface area (Å²) >= 11 is 0. The normalized spacial score (nSPS) is 29.4. The highest BCUT2D eigenvalue weighted by Gasteiger charge is 2.70. The van der Waals surface area contributed by atoms with Gasteiger partial charge in [-0.1, -0.05) is 5.21 Å². The van der Waals surface area contributed by atoms with E-state index < -0.39 is 11.6 Å². The molecule has 2 bridgehead atoms. The number of carbonyl (C=O) groups excluding carboxylic acids is 1. The molecule has 4 fully saturated rings. The fourth-order valence-corrected chi connectivity index (χ4v) is 6.62. The summed E-state index contributed by atoms with van der Waals surface area (Å²) < 4.78 is 25.7. The van der Waals surface area contributed by atoms with Gasteiger partial charge in [0.25, 0.3) is 5.91 Å². The molecule has 2 atom stereocenters. The van der Waals surface area contributed by atoms with Gasteiger partial charge in [0.1, 0.15) is 29.8 Å². The van der Waals surface area contributed by atoms with E-state index in [0.29, 0.717) is 32.2 Å². The smallest absolute Gasteiger partial charge is 0.256 e. The molecular formula is C28H33N5O5. The molecule has 6 heterocycles. The van der Waals surface area contributed by atoms with Crippen molar-refractivity contribution in [2.75, 3.05) is 26.5 Å². The number of fused-ring (bicyclic) bond motifs is 4. The third-order valence-corrected chi connectivity index (χ3v) is 8.49. The number of aromatic nitrogens is 4. The van der Waals surface area contributed by atoms with Crippen LogP contribution in [0.25, 0.3) is 10.9 Å². The van der Waals surface area contributed by atoms with Gasteiger partial charge in [-0.2, -0.15) is 0 Å². The summed E-state index contributed by atoms with van der Waals surface area (Å²) in [5.74, 6) is 0.738. The van der Waals surface area contributed by atoms with E-state index in [2.05, 4.69) is 28.3 Å². The zero-order chi connectivity index (χ0) is 25.9. The molecule has 0 radical (unpaired) electrons. The number of rotatable bonds is 5. The lowest BCUT2D eigenvalue weighted by atomic mass is 9.67. The number of benzene rings is 1. The van der Waals surface area contributed by atoms with Gasteiger partial charge >= 0.3 is 0 Å². The summed E-state index contributed by atoms with van der Waals surface area (Å²) in [4.78, 5) is 19.9. The number of hydrogen-bond acceptors (Lipinski definition) is 8. The average Bonchev–Trinajstić information content (AvgIpc) is 3.52. The van der Waals surface area contributed by atoms with Crippen molar-refractivity contribution in [3.8, 4) is 5.75 Å². The Kier molecular flexibility index (Phi) is 5.68. The Morgan fingerprint density at radius 1 is 1.21 bits per heavy atom. The summed E-state index contributed by atoms with van der Waals surface area (Å²) in [5.41, 5.74) is 3.24. The predicted octanol–water partition coefficient (Wildman–Crippen LogP) is 3.28. The third kappa shape index (κ3) is 3.88. The molecule has 5 aliphatic rings. The third-order valence-electron chi connectivity index (χ3n) is 8.49. The van der Waals surface area contributed by atoms with Crippen molar-refractivity contribution < 1.29 is 23.7 Å². The number of ether oxygens (including phenoxy) is 4. The van der Waals surface area contributed by atoms with Gasteiger partial charge in [-0.3, -0.25) is 9.78 Å². The first-order valence-electron chi connectivity index (χ1n) is 13.6. The van der Waals surface area contributed by atoms with Crippen molar-refractivity contribution >= 4 is 16.8 Å². The number of amides is 1. The number of nitrogens with zero attached hydrogens (tertiary/aromatic N) is 5. The van der Waals surface area contributed by atoms with Gasteiger partial charge in [0.05, 0.1) is 30.5 Å². The Labute approximate surface area is 221 Å². The molecule has 3 saturated heterocycles. The lowest BCUT2D eigenvalue weighted by molar-refractivity contribution is -0.148. The van der Waals surface area contributed by atoms with E-state index in [4.69, 9.17) is 18.9 Å². The van der Waals surface area contributed by atoms with Gasteiger partial charge in [0.2, 0.25) is 0 Å². The monoisotopic (exact) mass is 519 g/mol. The molecule has 10 heteroatoms. The maximum absolute atomic E-state index is 13.5. The predicted molar refractivity (Wildman–Crippen MR) is 136 cm³/mol. The molecule has 1 aromatic carbocycles. The van der Waals surface area contributed by atoms with Crippen LogP contribution in [0.2, 0.25) is 0 Å². The van der Waals surface area contributed by atoms with Crippen LogP contribution in [0.3, 0.4) is 0 Å². The van der Waals surface area contributed by atoms with Crippen molar-refractivity contribution in [1.29, 1.82) is 0 Å². The van der Waals surface area contributed by atoms with Gasteiger partial charge in [-0.05, 0) is 62.4 Å². The molecule has 38 heavy (non-hydrogen) atoms. The van der Waals surface area contributed by atoms with Crippen LogP contribution in [0, 0.1) is 0 Å². The van der Waals surface area contributed by atoms with Gasteiger partial charge in [-0.15, -0.1) is 5.10 Å². The zero-order valence-electron chi connectivity index (χ0n) is 21.9. The fourth-order valence-electron chi connectivity index (χ4n) is 6.62. The van der Waals surface area contributed by atoms with Crippen LogP contribution >= 0.6 is 0 Å². The molecule has 1 unspecified atom stereocenters. The molecule has 1 amide bonds. The second-order valence-corrected chi connectivity index (χ2v) is 11.3. The average molecular weight is 520 g/mol. The van der Waals surface area contributed by atoms with Gasteiger partial charge in [0.15, 0.2) is 6.10 Å². The molecule has 8 rings (SSSR count). The molecule has 10 nitrogen and oxygen atoms in total. The highest BCUT2D eigenvalue weighted by molar-refractivity contribution is 5.85. The summed E-state index contributed by atoms with van der Waals surface area (Å²) in [6.45, 7) is 7.05. The van der Waals surface area contributed by atoms with Crippen LogP contribution in [0.5, 0.6) is 5.75 Å². The second-order valence-electron chi connectivity index (χ2n) is 11.3. The standard InChI is InChI=1S/C28H33N5O5/c1-18(37-20-5-6-23-22(11-20)21-7-10-35-14-19(21)12-29-23)24-13-33(31-30-24)28-15-27(2,16-28)38-25(28)26(34)32-8-3-4-9-36-17-32/h5-6,11-13,18,25H,3-4,7-10,14-17H2,1-2H3/t18-,25?,27?,28?/m1/s1. The van der Waals surface area contributed by atoms with E-state index in [-0.39, 0.29) is 17.6 Å². The number of pyridine rings is 1. The Morgan fingerprint density at radius 3 is 3.00 bits per heavy atom. The summed E-state index contributed by atoms with van der Waals surface area (Å²) in [5, 5.41) is 10.0. The van der Waals surface area contributed by atoms with Gasteiger partial charge in [-0.25, -0.2) is 4.68 Å². The topological polar surface area (TPSA) is 101 Å². The maximum atomic E-state index is 13.5. The minimum Gasteiger partial charge on any atom is -0.484 e. The molecule has 200 valence electrons. The number of hydrogen-bond donors (Lipinski definition) is 0. The van der Waals surface area contributed by atoms with Gasteiger partial charge in [0, 0.05) is 37.6 Å². The van der Waals surface area contributed by atoms with Crippen molar-refractivity contribution in [1.82, 2.24) is 24.9 Å². The summed E-state index contributed by atoms with van der Waals surface area (Å²) in [6.07, 6.45) is 7.14. The molecule has 0 N–H and O–H groups in total. The first kappa shape index (κ1) is 24.0. The molecule has 0 spiro atoms. The molecule has 2 aromatic heterocycles. The van der Waals surface area contributed by atoms with E-state index in [1.54, 1.807) is 4.90 Å².